The van der Waals surface area contributed by atoms with Crippen LogP contribution >= 0.6 is 11.6 Å². The first-order valence-corrected chi connectivity index (χ1v) is 10.7. The predicted octanol–water partition coefficient (Wildman–Crippen LogP) is 0.948. The molecule has 0 unspecified atom stereocenters. The van der Waals surface area contributed by atoms with Crippen LogP contribution in [0.25, 0.3) is 5.69 Å². The highest BCUT2D eigenvalue weighted by Gasteiger charge is 2.29. The molecule has 8 nitrogen and oxygen atoms in total. The SMILES string of the molecule is CN1Cc2cc(Cl)ccc2-n2c(nnc2N2CCN(S(C)(=O)=O)CC2)C1. The van der Waals surface area contributed by atoms with Gasteiger partial charge in [-0.05, 0) is 30.8 Å². The van der Waals surface area contributed by atoms with E-state index in [0.717, 1.165) is 29.6 Å². The molecule has 2 aromatic rings. The van der Waals surface area contributed by atoms with Gasteiger partial charge in [0.1, 0.15) is 0 Å². The van der Waals surface area contributed by atoms with Crippen molar-refractivity contribution in [3.05, 3.63) is 34.6 Å². The summed E-state index contributed by atoms with van der Waals surface area (Å²) in [5.74, 6) is 1.63. The molecule has 1 aromatic heterocycles. The van der Waals surface area contributed by atoms with Crippen LogP contribution in [0.15, 0.2) is 18.2 Å². The third kappa shape index (κ3) is 3.20. The maximum absolute atomic E-state index is 11.7. The Bertz CT molecular complexity index is 936. The van der Waals surface area contributed by atoms with Gasteiger partial charge >= 0.3 is 0 Å². The van der Waals surface area contributed by atoms with Crippen LogP contribution in [0.2, 0.25) is 5.02 Å². The van der Waals surface area contributed by atoms with Crippen molar-refractivity contribution in [2.45, 2.75) is 13.1 Å². The van der Waals surface area contributed by atoms with Crippen molar-refractivity contribution in [2.24, 2.45) is 0 Å². The van der Waals surface area contributed by atoms with Crippen LogP contribution < -0.4 is 4.90 Å². The zero-order chi connectivity index (χ0) is 18.5. The second kappa shape index (κ2) is 6.49. The number of nitrogens with zero attached hydrogens (tertiary/aromatic N) is 6. The minimum Gasteiger partial charge on any atom is -0.338 e. The van der Waals surface area contributed by atoms with Crippen molar-refractivity contribution in [1.29, 1.82) is 0 Å². The lowest BCUT2D eigenvalue weighted by Gasteiger charge is -2.33. The molecular formula is C16H21ClN6O2S. The summed E-state index contributed by atoms with van der Waals surface area (Å²) in [6.45, 7) is 3.54. The fourth-order valence-electron chi connectivity index (χ4n) is 3.57. The molecule has 1 saturated heterocycles. The number of hydrogen-bond acceptors (Lipinski definition) is 6. The van der Waals surface area contributed by atoms with E-state index in [4.69, 9.17) is 11.6 Å². The van der Waals surface area contributed by atoms with Gasteiger partial charge in [0.15, 0.2) is 5.82 Å². The lowest BCUT2D eigenvalue weighted by atomic mass is 10.1. The number of hydrogen-bond donors (Lipinski definition) is 0. The highest BCUT2D eigenvalue weighted by molar-refractivity contribution is 7.88. The number of anilines is 1. The second-order valence-corrected chi connectivity index (χ2v) is 9.26. The summed E-state index contributed by atoms with van der Waals surface area (Å²) < 4.78 is 27.1. The number of benzene rings is 1. The number of halogens is 1. The molecule has 0 amide bonds. The van der Waals surface area contributed by atoms with E-state index in [9.17, 15) is 8.42 Å². The summed E-state index contributed by atoms with van der Waals surface area (Å²) in [6, 6.07) is 5.86. The van der Waals surface area contributed by atoms with Crippen LogP contribution in [0, 0.1) is 0 Å². The van der Waals surface area contributed by atoms with Crippen LogP contribution in [0.1, 0.15) is 11.4 Å². The molecule has 26 heavy (non-hydrogen) atoms. The molecule has 2 aliphatic heterocycles. The number of rotatable bonds is 2. The van der Waals surface area contributed by atoms with Gasteiger partial charge in [-0.3, -0.25) is 9.47 Å². The molecule has 3 heterocycles. The van der Waals surface area contributed by atoms with Gasteiger partial charge in [0.25, 0.3) is 0 Å². The van der Waals surface area contributed by atoms with E-state index < -0.39 is 10.0 Å². The quantitative estimate of drug-likeness (QED) is 0.752. The highest BCUT2D eigenvalue weighted by atomic mass is 35.5. The Balaban J connectivity index is 1.71. The topological polar surface area (TPSA) is 74.6 Å². The van der Waals surface area contributed by atoms with Gasteiger partial charge in [-0.1, -0.05) is 11.6 Å². The average Bonchev–Trinajstić information content (AvgIpc) is 2.91. The van der Waals surface area contributed by atoms with Gasteiger partial charge in [0.2, 0.25) is 16.0 Å². The van der Waals surface area contributed by atoms with Crippen molar-refractivity contribution in [3.63, 3.8) is 0 Å². The first-order valence-electron chi connectivity index (χ1n) is 8.44. The molecule has 0 spiro atoms. The van der Waals surface area contributed by atoms with E-state index >= 15 is 0 Å². The smallest absolute Gasteiger partial charge is 0.232 e. The maximum Gasteiger partial charge on any atom is 0.232 e. The molecule has 0 saturated carbocycles. The minimum atomic E-state index is -3.16. The molecule has 0 atom stereocenters. The monoisotopic (exact) mass is 396 g/mol. The van der Waals surface area contributed by atoms with Crippen LogP contribution in [0.5, 0.6) is 0 Å². The molecule has 0 N–H and O–H groups in total. The van der Waals surface area contributed by atoms with Gasteiger partial charge in [-0.25, -0.2) is 8.42 Å². The van der Waals surface area contributed by atoms with Gasteiger partial charge in [0, 0.05) is 37.7 Å². The number of aromatic nitrogens is 3. The van der Waals surface area contributed by atoms with E-state index in [1.807, 2.05) is 25.2 Å². The van der Waals surface area contributed by atoms with Crippen molar-refractivity contribution in [2.75, 3.05) is 44.4 Å². The Morgan fingerprint density at radius 2 is 1.81 bits per heavy atom. The number of fused-ring (bicyclic) bond motifs is 3. The summed E-state index contributed by atoms with van der Waals surface area (Å²) >= 11 is 6.19. The number of sulfonamides is 1. The molecule has 10 heteroatoms. The average molecular weight is 397 g/mol. The predicted molar refractivity (Wildman–Crippen MR) is 100 cm³/mol. The number of piperazine rings is 1. The first kappa shape index (κ1) is 17.7. The molecular weight excluding hydrogens is 376 g/mol. The normalized spacial score (nSPS) is 19.1. The third-order valence-electron chi connectivity index (χ3n) is 4.84. The van der Waals surface area contributed by atoms with Crippen LogP contribution in [-0.2, 0) is 23.1 Å². The van der Waals surface area contributed by atoms with E-state index in [0.29, 0.717) is 37.7 Å². The van der Waals surface area contributed by atoms with Gasteiger partial charge in [-0.2, -0.15) is 4.31 Å². The van der Waals surface area contributed by atoms with Gasteiger partial charge < -0.3 is 4.90 Å². The highest BCUT2D eigenvalue weighted by Crippen LogP contribution is 2.30. The Labute approximate surface area is 158 Å². The minimum absolute atomic E-state index is 0.453. The van der Waals surface area contributed by atoms with E-state index in [-0.39, 0.29) is 0 Å². The summed E-state index contributed by atoms with van der Waals surface area (Å²) in [5.41, 5.74) is 2.15. The maximum atomic E-state index is 11.7. The molecule has 140 valence electrons. The fourth-order valence-corrected chi connectivity index (χ4v) is 4.59. The van der Waals surface area contributed by atoms with E-state index in [1.165, 1.54) is 10.6 Å². The fraction of sp³-hybridized carbons (Fsp3) is 0.500. The van der Waals surface area contributed by atoms with E-state index in [1.54, 1.807) is 0 Å². The zero-order valence-electron chi connectivity index (χ0n) is 14.8. The standard InChI is InChI=1S/C16H21ClN6O2S/c1-20-10-12-9-13(17)3-4-14(12)23-15(11-20)18-19-16(23)21-5-7-22(8-6-21)26(2,24)25/h3-4,9H,5-8,10-11H2,1-2H3. The Morgan fingerprint density at radius 3 is 2.50 bits per heavy atom. The lowest BCUT2D eigenvalue weighted by Crippen LogP contribution is -2.49. The molecule has 2 aliphatic rings. The Kier molecular flexibility index (Phi) is 4.42. The molecule has 0 aliphatic carbocycles. The van der Waals surface area contributed by atoms with Crippen molar-refractivity contribution < 1.29 is 8.42 Å². The third-order valence-corrected chi connectivity index (χ3v) is 6.38. The molecule has 0 radical (unpaired) electrons. The second-order valence-electron chi connectivity index (χ2n) is 6.85. The van der Waals surface area contributed by atoms with Crippen LogP contribution in [-0.4, -0.2) is 71.9 Å². The summed E-state index contributed by atoms with van der Waals surface area (Å²) in [6.07, 6.45) is 1.25. The van der Waals surface area contributed by atoms with Gasteiger partial charge in [-0.15, -0.1) is 10.2 Å². The molecule has 1 aromatic carbocycles. The van der Waals surface area contributed by atoms with Crippen LogP contribution in [0.4, 0.5) is 5.95 Å². The Hall–Kier alpha value is -1.68. The van der Waals surface area contributed by atoms with Gasteiger partial charge in [0.05, 0.1) is 18.5 Å². The van der Waals surface area contributed by atoms with Crippen molar-refractivity contribution >= 4 is 27.6 Å². The summed E-state index contributed by atoms with van der Waals surface area (Å²) in [5, 5.41) is 9.52. The zero-order valence-corrected chi connectivity index (χ0v) is 16.3. The molecule has 0 bridgehead atoms. The first-order chi connectivity index (χ1) is 12.3. The van der Waals surface area contributed by atoms with Crippen molar-refractivity contribution in [3.8, 4) is 5.69 Å². The summed E-state index contributed by atoms with van der Waals surface area (Å²) in [7, 11) is -1.12. The largest absolute Gasteiger partial charge is 0.338 e. The van der Waals surface area contributed by atoms with Crippen molar-refractivity contribution in [1.82, 2.24) is 24.0 Å². The van der Waals surface area contributed by atoms with E-state index in [2.05, 4.69) is 24.6 Å². The summed E-state index contributed by atoms with van der Waals surface area (Å²) in [4.78, 5) is 4.27. The Morgan fingerprint density at radius 1 is 1.08 bits per heavy atom. The lowest BCUT2D eigenvalue weighted by molar-refractivity contribution is 0.315. The molecule has 1 fully saturated rings. The van der Waals surface area contributed by atoms with Crippen LogP contribution in [0.3, 0.4) is 0 Å². The molecule has 4 rings (SSSR count).